The zero-order valence-electron chi connectivity index (χ0n) is 14.4. The van der Waals surface area contributed by atoms with Gasteiger partial charge < -0.3 is 9.47 Å². The number of carbonyl (C=O) groups is 2. The van der Waals surface area contributed by atoms with Crippen molar-refractivity contribution < 1.29 is 19.1 Å². The summed E-state index contributed by atoms with van der Waals surface area (Å²) in [5, 5.41) is 0. The molecule has 0 saturated carbocycles. The minimum absolute atomic E-state index is 0.133. The van der Waals surface area contributed by atoms with Gasteiger partial charge in [-0.05, 0) is 23.3 Å². The van der Waals surface area contributed by atoms with Gasteiger partial charge in [0.2, 0.25) is 11.8 Å². The van der Waals surface area contributed by atoms with Crippen molar-refractivity contribution in [1.29, 1.82) is 0 Å². The van der Waals surface area contributed by atoms with Gasteiger partial charge in [-0.3, -0.25) is 14.5 Å². The molecule has 1 saturated heterocycles. The molecule has 5 nitrogen and oxygen atoms in total. The van der Waals surface area contributed by atoms with Gasteiger partial charge in [0.1, 0.15) is 0 Å². The number of ether oxygens (including phenoxy) is 2. The van der Waals surface area contributed by atoms with E-state index in [1.807, 2.05) is 42.5 Å². The van der Waals surface area contributed by atoms with Crippen molar-refractivity contribution in [2.75, 3.05) is 14.2 Å². The Morgan fingerprint density at radius 1 is 0.920 bits per heavy atom. The number of amides is 2. The molecule has 1 aliphatic heterocycles. The highest BCUT2D eigenvalue weighted by Crippen LogP contribution is 2.35. The van der Waals surface area contributed by atoms with E-state index in [2.05, 4.69) is 0 Å². The first-order valence-electron chi connectivity index (χ1n) is 8.21. The van der Waals surface area contributed by atoms with Crippen LogP contribution in [0.5, 0.6) is 11.5 Å². The molecule has 2 aromatic carbocycles. The van der Waals surface area contributed by atoms with E-state index < -0.39 is 0 Å². The summed E-state index contributed by atoms with van der Waals surface area (Å²) in [6.07, 6.45) is 0.627. The lowest BCUT2D eigenvalue weighted by Gasteiger charge is -2.30. The van der Waals surface area contributed by atoms with Crippen LogP contribution in [0.4, 0.5) is 0 Å². The van der Waals surface area contributed by atoms with E-state index in [9.17, 15) is 9.59 Å². The van der Waals surface area contributed by atoms with Crippen LogP contribution in [0, 0.1) is 0 Å². The highest BCUT2D eigenvalue weighted by Gasteiger charge is 2.33. The number of piperidine rings is 1. The van der Waals surface area contributed by atoms with Crippen molar-refractivity contribution in [3.63, 3.8) is 0 Å². The Labute approximate surface area is 147 Å². The normalized spacial score (nSPS) is 15.4. The molecular formula is C20H21NO4. The predicted molar refractivity (Wildman–Crippen MR) is 93.5 cm³/mol. The summed E-state index contributed by atoms with van der Waals surface area (Å²) < 4.78 is 10.6. The van der Waals surface area contributed by atoms with Crippen LogP contribution in [-0.2, 0) is 16.1 Å². The second-order valence-electron chi connectivity index (χ2n) is 6.08. The number of carbonyl (C=O) groups excluding carboxylic acids is 2. The third-order valence-electron chi connectivity index (χ3n) is 4.51. The van der Waals surface area contributed by atoms with Gasteiger partial charge in [0.25, 0.3) is 0 Å². The Morgan fingerprint density at radius 3 is 2.16 bits per heavy atom. The number of likely N-dealkylation sites (tertiary alicyclic amines) is 1. The molecule has 0 spiro atoms. The quantitative estimate of drug-likeness (QED) is 0.785. The second-order valence-corrected chi connectivity index (χ2v) is 6.08. The van der Waals surface area contributed by atoms with Crippen molar-refractivity contribution in [1.82, 2.24) is 4.90 Å². The Hall–Kier alpha value is -2.82. The van der Waals surface area contributed by atoms with Gasteiger partial charge in [0.05, 0.1) is 20.8 Å². The maximum Gasteiger partial charge on any atom is 0.230 e. The summed E-state index contributed by atoms with van der Waals surface area (Å²) in [4.78, 5) is 26.4. The maximum absolute atomic E-state index is 12.5. The summed E-state index contributed by atoms with van der Waals surface area (Å²) in [5.74, 6) is 0.823. The van der Waals surface area contributed by atoms with Crippen LogP contribution >= 0.6 is 0 Å². The molecule has 0 aliphatic carbocycles. The first-order valence-corrected chi connectivity index (χ1v) is 8.21. The third-order valence-corrected chi connectivity index (χ3v) is 4.51. The zero-order valence-corrected chi connectivity index (χ0v) is 14.4. The summed E-state index contributed by atoms with van der Waals surface area (Å²) in [5.41, 5.74) is 1.87. The molecule has 0 unspecified atom stereocenters. The molecule has 5 heteroatoms. The number of hydrogen-bond donors (Lipinski definition) is 0. The molecule has 2 amide bonds. The van der Waals surface area contributed by atoms with Crippen molar-refractivity contribution >= 4 is 11.8 Å². The number of rotatable bonds is 5. The molecule has 130 valence electrons. The smallest absolute Gasteiger partial charge is 0.230 e. The molecule has 3 rings (SSSR count). The molecule has 0 aromatic heterocycles. The van der Waals surface area contributed by atoms with E-state index in [4.69, 9.17) is 9.47 Å². The SMILES string of the molecule is COc1ccc(C2CC(=O)N(Cc3ccccc3)C(=O)C2)cc1OC. The van der Waals surface area contributed by atoms with Crippen LogP contribution in [-0.4, -0.2) is 30.9 Å². The molecule has 0 radical (unpaired) electrons. The molecular weight excluding hydrogens is 318 g/mol. The molecule has 1 aliphatic rings. The minimum Gasteiger partial charge on any atom is -0.493 e. The van der Waals surface area contributed by atoms with E-state index in [0.29, 0.717) is 30.9 Å². The average molecular weight is 339 g/mol. The summed E-state index contributed by atoms with van der Waals surface area (Å²) >= 11 is 0. The van der Waals surface area contributed by atoms with Gasteiger partial charge in [0, 0.05) is 18.8 Å². The lowest BCUT2D eigenvalue weighted by atomic mass is 9.88. The van der Waals surface area contributed by atoms with Gasteiger partial charge in [-0.1, -0.05) is 36.4 Å². The molecule has 2 aromatic rings. The lowest BCUT2D eigenvalue weighted by Crippen LogP contribution is -2.42. The standard InChI is InChI=1S/C20H21NO4/c1-24-17-9-8-15(10-18(17)25-2)16-11-19(22)21(20(23)12-16)13-14-6-4-3-5-7-14/h3-10,16H,11-13H2,1-2H3. The Kier molecular flexibility index (Phi) is 5.03. The molecule has 0 atom stereocenters. The van der Waals surface area contributed by atoms with Crippen molar-refractivity contribution in [3.8, 4) is 11.5 Å². The summed E-state index contributed by atoms with van der Waals surface area (Å²) in [7, 11) is 3.15. The van der Waals surface area contributed by atoms with Crippen LogP contribution in [0.2, 0.25) is 0 Å². The molecule has 25 heavy (non-hydrogen) atoms. The fraction of sp³-hybridized carbons (Fsp3) is 0.300. The Morgan fingerprint density at radius 2 is 1.56 bits per heavy atom. The Bertz CT molecular complexity index is 755. The first kappa shape index (κ1) is 17.0. The van der Waals surface area contributed by atoms with Crippen LogP contribution in [0.25, 0.3) is 0 Å². The second kappa shape index (κ2) is 7.38. The zero-order chi connectivity index (χ0) is 17.8. The first-order chi connectivity index (χ1) is 12.1. The number of imide groups is 1. The van der Waals surface area contributed by atoms with Gasteiger partial charge in [-0.2, -0.15) is 0 Å². The van der Waals surface area contributed by atoms with Gasteiger partial charge in [-0.15, -0.1) is 0 Å². The van der Waals surface area contributed by atoms with E-state index >= 15 is 0 Å². The van der Waals surface area contributed by atoms with Crippen LogP contribution < -0.4 is 9.47 Å². The summed E-state index contributed by atoms with van der Waals surface area (Å²) in [6, 6.07) is 15.1. The van der Waals surface area contributed by atoms with Crippen molar-refractivity contribution in [2.24, 2.45) is 0 Å². The van der Waals surface area contributed by atoms with E-state index in [0.717, 1.165) is 11.1 Å². The number of nitrogens with zero attached hydrogens (tertiary/aromatic N) is 1. The van der Waals surface area contributed by atoms with Gasteiger partial charge >= 0.3 is 0 Å². The number of methoxy groups -OCH3 is 2. The van der Waals surface area contributed by atoms with E-state index in [1.165, 1.54) is 4.90 Å². The average Bonchev–Trinajstić information content (AvgIpc) is 2.64. The van der Waals surface area contributed by atoms with Gasteiger partial charge in [-0.25, -0.2) is 0 Å². The van der Waals surface area contributed by atoms with E-state index in [-0.39, 0.29) is 17.7 Å². The van der Waals surface area contributed by atoms with Crippen molar-refractivity contribution in [3.05, 3.63) is 59.7 Å². The lowest BCUT2D eigenvalue weighted by molar-refractivity contribution is -0.149. The van der Waals surface area contributed by atoms with E-state index in [1.54, 1.807) is 20.3 Å². The highest BCUT2D eigenvalue weighted by atomic mass is 16.5. The maximum atomic E-state index is 12.5. The van der Waals surface area contributed by atoms with Crippen molar-refractivity contribution in [2.45, 2.75) is 25.3 Å². The molecule has 0 bridgehead atoms. The molecule has 1 fully saturated rings. The minimum atomic E-state index is -0.139. The Balaban J connectivity index is 1.76. The third kappa shape index (κ3) is 3.65. The summed E-state index contributed by atoms with van der Waals surface area (Å²) in [6.45, 7) is 0.331. The van der Waals surface area contributed by atoms with Crippen LogP contribution in [0.1, 0.15) is 29.9 Å². The largest absolute Gasteiger partial charge is 0.493 e. The van der Waals surface area contributed by atoms with Crippen LogP contribution in [0.15, 0.2) is 48.5 Å². The molecule has 1 heterocycles. The fourth-order valence-corrected chi connectivity index (χ4v) is 3.14. The monoisotopic (exact) mass is 339 g/mol. The van der Waals surface area contributed by atoms with Gasteiger partial charge in [0.15, 0.2) is 11.5 Å². The fourth-order valence-electron chi connectivity index (χ4n) is 3.14. The topological polar surface area (TPSA) is 55.8 Å². The number of hydrogen-bond acceptors (Lipinski definition) is 4. The molecule has 0 N–H and O–H groups in total. The highest BCUT2D eigenvalue weighted by molar-refractivity contribution is 5.98. The predicted octanol–water partition coefficient (Wildman–Crippen LogP) is 3.14. The number of benzene rings is 2. The van der Waals surface area contributed by atoms with Crippen LogP contribution in [0.3, 0.4) is 0 Å².